The number of benzene rings is 1. The van der Waals surface area contributed by atoms with Crippen LogP contribution in [0.5, 0.6) is 0 Å². The highest BCUT2D eigenvalue weighted by Crippen LogP contribution is 2.64. The molecule has 1 atom stereocenters. The fourth-order valence-corrected chi connectivity index (χ4v) is 5.71. The first-order valence-electron chi connectivity index (χ1n) is 10.7. The Morgan fingerprint density at radius 1 is 1.17 bits per heavy atom. The molecule has 1 amide bonds. The molecular formula is C25H26ClN3O. The molecule has 5 rings (SSSR count). The van der Waals surface area contributed by atoms with Gasteiger partial charge < -0.3 is 4.90 Å². The van der Waals surface area contributed by atoms with Gasteiger partial charge in [-0.3, -0.25) is 14.7 Å². The average Bonchev–Trinajstić information content (AvgIpc) is 3.51. The number of pyridine rings is 1. The summed E-state index contributed by atoms with van der Waals surface area (Å²) < 4.78 is 0. The minimum atomic E-state index is -0.358. The van der Waals surface area contributed by atoms with Gasteiger partial charge in [0.1, 0.15) is 5.66 Å². The molecule has 1 saturated carbocycles. The lowest BCUT2D eigenvalue weighted by Gasteiger charge is -2.53. The van der Waals surface area contributed by atoms with Crippen LogP contribution in [0.4, 0.5) is 0 Å². The molecule has 1 aromatic carbocycles. The van der Waals surface area contributed by atoms with Crippen LogP contribution in [0.2, 0.25) is 0 Å². The molecule has 2 aromatic rings. The molecule has 0 bridgehead atoms. The summed E-state index contributed by atoms with van der Waals surface area (Å²) in [5, 5.41) is 0.726. The molecule has 0 radical (unpaired) electrons. The van der Waals surface area contributed by atoms with E-state index in [9.17, 15) is 4.79 Å². The van der Waals surface area contributed by atoms with E-state index in [4.69, 9.17) is 11.6 Å². The zero-order valence-electron chi connectivity index (χ0n) is 17.2. The van der Waals surface area contributed by atoms with Gasteiger partial charge in [-0.1, -0.05) is 42.0 Å². The van der Waals surface area contributed by atoms with Crippen LogP contribution in [0.3, 0.4) is 0 Å². The van der Waals surface area contributed by atoms with Crippen LogP contribution in [-0.4, -0.2) is 39.4 Å². The molecule has 30 heavy (non-hydrogen) atoms. The Morgan fingerprint density at radius 2 is 1.93 bits per heavy atom. The van der Waals surface area contributed by atoms with Gasteiger partial charge in [-0.15, -0.1) is 0 Å². The van der Waals surface area contributed by atoms with Crippen LogP contribution in [0.25, 0.3) is 0 Å². The average molecular weight is 420 g/mol. The van der Waals surface area contributed by atoms with Crippen molar-refractivity contribution in [3.63, 3.8) is 0 Å². The van der Waals surface area contributed by atoms with Gasteiger partial charge in [-0.05, 0) is 55.2 Å². The van der Waals surface area contributed by atoms with Crippen molar-refractivity contribution < 1.29 is 4.79 Å². The molecule has 3 aliphatic rings. The van der Waals surface area contributed by atoms with E-state index in [2.05, 4.69) is 45.1 Å². The highest BCUT2D eigenvalue weighted by molar-refractivity contribution is 6.31. The summed E-state index contributed by atoms with van der Waals surface area (Å²) in [4.78, 5) is 22.4. The number of hydrogen-bond donors (Lipinski definition) is 0. The van der Waals surface area contributed by atoms with Gasteiger partial charge in [-0.25, -0.2) is 0 Å². The number of amides is 1. The fourth-order valence-electron chi connectivity index (χ4n) is 5.62. The van der Waals surface area contributed by atoms with E-state index in [1.165, 1.54) is 11.1 Å². The van der Waals surface area contributed by atoms with Crippen molar-refractivity contribution in [1.82, 2.24) is 14.8 Å². The first-order chi connectivity index (χ1) is 14.6. The number of halogens is 1. The van der Waals surface area contributed by atoms with Crippen molar-refractivity contribution in [2.24, 2.45) is 0 Å². The number of aromatic nitrogens is 1. The lowest BCUT2D eigenvalue weighted by atomic mass is 9.73. The van der Waals surface area contributed by atoms with Gasteiger partial charge in [0, 0.05) is 54.5 Å². The maximum Gasteiger partial charge on any atom is 0.255 e. The summed E-state index contributed by atoms with van der Waals surface area (Å²) in [5.41, 5.74) is 2.95. The molecule has 1 aliphatic carbocycles. The number of rotatable bonds is 5. The quantitative estimate of drug-likeness (QED) is 0.648. The summed E-state index contributed by atoms with van der Waals surface area (Å²) >= 11 is 6.26. The summed E-state index contributed by atoms with van der Waals surface area (Å²) in [7, 11) is 0. The highest BCUT2D eigenvalue weighted by Gasteiger charge is 2.70. The van der Waals surface area contributed by atoms with Crippen molar-refractivity contribution in [3.8, 4) is 0 Å². The maximum absolute atomic E-state index is 13.6. The normalized spacial score (nSPS) is 25.1. The second-order valence-corrected chi connectivity index (χ2v) is 8.89. The molecule has 2 aliphatic heterocycles. The monoisotopic (exact) mass is 419 g/mol. The number of fused-ring (bicyclic) bond motifs is 4. The Labute approximate surface area is 182 Å². The Balaban J connectivity index is 1.63. The predicted molar refractivity (Wildman–Crippen MR) is 119 cm³/mol. The van der Waals surface area contributed by atoms with E-state index in [0.717, 1.165) is 49.5 Å². The van der Waals surface area contributed by atoms with E-state index in [0.29, 0.717) is 0 Å². The molecule has 0 N–H and O–H groups in total. The standard InChI is InChI=1S/C25H26ClN3O/c1-2-20(26)6-5-11-25-24(12-13-24)22-8-4-3-7-21(22)23(30)29(25)17-16-28(25)18-19-9-14-27-15-10-19/h2-10,14-15H,11-13,16-18H2,1H3/b6-5-,20-2+. The number of hydrogen-bond acceptors (Lipinski definition) is 3. The zero-order chi connectivity index (χ0) is 20.8. The molecule has 3 heterocycles. The van der Waals surface area contributed by atoms with Gasteiger partial charge in [0.25, 0.3) is 5.91 Å². The zero-order valence-corrected chi connectivity index (χ0v) is 18.0. The minimum Gasteiger partial charge on any atom is -0.318 e. The Morgan fingerprint density at radius 3 is 2.67 bits per heavy atom. The number of nitrogens with zero attached hydrogens (tertiary/aromatic N) is 3. The van der Waals surface area contributed by atoms with Crippen LogP contribution in [0.1, 0.15) is 47.7 Å². The van der Waals surface area contributed by atoms with Crippen LogP contribution in [0, 0.1) is 0 Å². The van der Waals surface area contributed by atoms with Crippen LogP contribution >= 0.6 is 11.6 Å². The molecule has 1 aromatic heterocycles. The lowest BCUT2D eigenvalue weighted by Crippen LogP contribution is -2.65. The third-order valence-corrected chi connectivity index (χ3v) is 7.42. The third kappa shape index (κ3) is 2.78. The predicted octanol–water partition coefficient (Wildman–Crippen LogP) is 4.87. The van der Waals surface area contributed by atoms with Crippen molar-refractivity contribution in [1.29, 1.82) is 0 Å². The Bertz CT molecular complexity index is 1030. The van der Waals surface area contributed by atoms with Gasteiger partial charge in [0.05, 0.1) is 0 Å². The topological polar surface area (TPSA) is 36.4 Å². The van der Waals surface area contributed by atoms with Crippen molar-refractivity contribution >= 4 is 17.5 Å². The first kappa shape index (κ1) is 19.5. The number of carbonyl (C=O) groups is 1. The largest absolute Gasteiger partial charge is 0.318 e. The summed E-state index contributed by atoms with van der Waals surface area (Å²) in [5.74, 6) is 0.158. The minimum absolute atomic E-state index is 0.0201. The lowest BCUT2D eigenvalue weighted by molar-refractivity contribution is -0.0227. The van der Waals surface area contributed by atoms with Crippen LogP contribution in [-0.2, 0) is 12.0 Å². The van der Waals surface area contributed by atoms with E-state index >= 15 is 0 Å². The fraction of sp³-hybridized carbons (Fsp3) is 0.360. The molecule has 5 heteroatoms. The van der Waals surface area contributed by atoms with Gasteiger partial charge in [0.2, 0.25) is 0 Å². The van der Waals surface area contributed by atoms with Crippen molar-refractivity contribution in [2.75, 3.05) is 13.1 Å². The molecular weight excluding hydrogens is 394 g/mol. The maximum atomic E-state index is 13.6. The van der Waals surface area contributed by atoms with Gasteiger partial charge in [-0.2, -0.15) is 0 Å². The highest BCUT2D eigenvalue weighted by atomic mass is 35.5. The SMILES string of the molecule is C/C=C(Cl)\C=C/CC12N(Cc3ccncc3)CCN1C(=O)c1ccccc1C21CC1. The van der Waals surface area contributed by atoms with Crippen LogP contribution < -0.4 is 0 Å². The first-order valence-corrected chi connectivity index (χ1v) is 11.0. The van der Waals surface area contributed by atoms with Crippen molar-refractivity contribution in [3.05, 3.63) is 88.7 Å². The number of allylic oxidation sites excluding steroid dienone is 3. The van der Waals surface area contributed by atoms with Gasteiger partial charge in [0.15, 0.2) is 0 Å². The van der Waals surface area contributed by atoms with Gasteiger partial charge >= 0.3 is 0 Å². The summed E-state index contributed by atoms with van der Waals surface area (Å²) in [6, 6.07) is 12.4. The molecule has 2 fully saturated rings. The second kappa shape index (κ2) is 7.36. The van der Waals surface area contributed by atoms with E-state index in [1.54, 1.807) is 0 Å². The third-order valence-electron chi connectivity index (χ3n) is 7.08. The number of carbonyl (C=O) groups excluding carboxylic acids is 1. The molecule has 1 unspecified atom stereocenters. The summed E-state index contributed by atoms with van der Waals surface area (Å²) in [6.07, 6.45) is 12.7. The molecule has 4 nitrogen and oxygen atoms in total. The second-order valence-electron chi connectivity index (χ2n) is 8.46. The summed E-state index contributed by atoms with van der Waals surface area (Å²) in [6.45, 7) is 4.37. The smallest absolute Gasteiger partial charge is 0.255 e. The Kier molecular flexibility index (Phi) is 4.79. The molecule has 154 valence electrons. The van der Waals surface area contributed by atoms with Crippen LogP contribution in [0.15, 0.2) is 72.1 Å². The Hall–Kier alpha value is -2.43. The van der Waals surface area contributed by atoms with E-state index < -0.39 is 0 Å². The van der Waals surface area contributed by atoms with Crippen molar-refractivity contribution in [2.45, 2.75) is 43.8 Å². The molecule has 1 saturated heterocycles. The van der Waals surface area contributed by atoms with E-state index in [1.807, 2.05) is 43.6 Å². The van der Waals surface area contributed by atoms with E-state index in [-0.39, 0.29) is 17.0 Å². The molecule has 1 spiro atoms.